The zero-order valence-electron chi connectivity index (χ0n) is 14.7. The van der Waals surface area contributed by atoms with Gasteiger partial charge in [0.1, 0.15) is 18.5 Å². The Morgan fingerprint density at radius 1 is 1.14 bits per heavy atom. The summed E-state index contributed by atoms with van der Waals surface area (Å²) in [5.41, 5.74) is 3.53. The van der Waals surface area contributed by atoms with Gasteiger partial charge < -0.3 is 9.84 Å². The van der Waals surface area contributed by atoms with Crippen molar-refractivity contribution in [2.75, 3.05) is 13.2 Å². The first-order valence-corrected chi connectivity index (χ1v) is 8.53. The Kier molecular flexibility index (Phi) is 5.87. The van der Waals surface area contributed by atoms with E-state index in [1.165, 1.54) is 24.8 Å². The molecular weight excluding hydrogens is 274 g/mol. The van der Waals surface area contributed by atoms with Crippen LogP contribution in [0.3, 0.4) is 0 Å². The average Bonchev–Trinajstić information content (AvgIpc) is 2.42. The van der Waals surface area contributed by atoms with E-state index in [0.717, 1.165) is 16.9 Å². The highest BCUT2D eigenvalue weighted by molar-refractivity contribution is 5.42. The summed E-state index contributed by atoms with van der Waals surface area (Å²) in [6.07, 6.45) is 3.32. The van der Waals surface area contributed by atoms with E-state index in [0.29, 0.717) is 25.2 Å². The molecule has 0 aromatic heterocycles. The van der Waals surface area contributed by atoms with Crippen LogP contribution in [0.1, 0.15) is 49.8 Å². The van der Waals surface area contributed by atoms with Crippen LogP contribution in [0.4, 0.5) is 0 Å². The van der Waals surface area contributed by atoms with E-state index in [1.54, 1.807) is 0 Å². The van der Waals surface area contributed by atoms with Crippen LogP contribution in [0.2, 0.25) is 0 Å². The smallest absolute Gasteiger partial charge is 0.125 e. The molecule has 1 saturated heterocycles. The van der Waals surface area contributed by atoms with Crippen molar-refractivity contribution >= 4 is 0 Å². The predicted molar refractivity (Wildman–Crippen MR) is 91.6 cm³/mol. The monoisotopic (exact) mass is 305 g/mol. The van der Waals surface area contributed by atoms with Gasteiger partial charge >= 0.3 is 0 Å². The van der Waals surface area contributed by atoms with Crippen LogP contribution < -0.4 is 4.74 Å². The molecule has 1 aliphatic heterocycles. The minimum absolute atomic E-state index is 0.362. The second-order valence-corrected chi connectivity index (χ2v) is 7.02. The molecule has 124 valence electrons. The van der Waals surface area contributed by atoms with E-state index in [9.17, 15) is 5.11 Å². The minimum Gasteiger partial charge on any atom is -0.490 e. The van der Waals surface area contributed by atoms with Crippen LogP contribution in [0.5, 0.6) is 5.75 Å². The molecule has 0 unspecified atom stereocenters. The molecule has 22 heavy (non-hydrogen) atoms. The van der Waals surface area contributed by atoms with Crippen molar-refractivity contribution in [1.82, 2.24) is 4.90 Å². The molecule has 3 heteroatoms. The fraction of sp³-hybridized carbons (Fsp3) is 0.684. The average molecular weight is 305 g/mol. The van der Waals surface area contributed by atoms with E-state index in [1.807, 2.05) is 0 Å². The van der Waals surface area contributed by atoms with Crippen LogP contribution in [0.15, 0.2) is 12.1 Å². The molecule has 1 aliphatic rings. The molecule has 2 rings (SSSR count). The summed E-state index contributed by atoms with van der Waals surface area (Å²) in [5.74, 6) is 0.921. The Bertz CT molecular complexity index is 467. The highest BCUT2D eigenvalue weighted by atomic mass is 16.5. The standard InChI is InChI=1S/C19H31NO2/c1-13-9-14(2)19(15(3)10-13)22-12-18(21)11-20-16(4)7-6-8-17(20)5/h9-10,16-18,21H,6-8,11-12H2,1-5H3/t16-,17-,18+/m0/s1. The quantitative estimate of drug-likeness (QED) is 0.902. The first-order valence-electron chi connectivity index (χ1n) is 8.53. The summed E-state index contributed by atoms with van der Waals surface area (Å²) in [7, 11) is 0. The van der Waals surface area contributed by atoms with E-state index in [2.05, 4.69) is 51.7 Å². The first kappa shape index (κ1) is 17.3. The zero-order valence-corrected chi connectivity index (χ0v) is 14.7. The maximum absolute atomic E-state index is 10.4. The molecule has 0 amide bonds. The summed E-state index contributed by atoms with van der Waals surface area (Å²) < 4.78 is 5.92. The Hall–Kier alpha value is -1.06. The van der Waals surface area contributed by atoms with Gasteiger partial charge in [0.2, 0.25) is 0 Å². The number of piperidine rings is 1. The van der Waals surface area contributed by atoms with E-state index >= 15 is 0 Å². The van der Waals surface area contributed by atoms with Crippen LogP contribution >= 0.6 is 0 Å². The Morgan fingerprint density at radius 3 is 2.23 bits per heavy atom. The normalized spacial score (nSPS) is 24.3. The predicted octanol–water partition coefficient (Wildman–Crippen LogP) is 3.61. The summed E-state index contributed by atoms with van der Waals surface area (Å²) in [4.78, 5) is 2.42. The molecule has 0 bridgehead atoms. The van der Waals surface area contributed by atoms with Crippen molar-refractivity contribution in [2.24, 2.45) is 0 Å². The van der Waals surface area contributed by atoms with Gasteiger partial charge in [-0.15, -0.1) is 0 Å². The van der Waals surface area contributed by atoms with Crippen molar-refractivity contribution in [2.45, 2.75) is 72.1 Å². The summed E-state index contributed by atoms with van der Waals surface area (Å²) >= 11 is 0. The number of rotatable bonds is 5. The van der Waals surface area contributed by atoms with Gasteiger partial charge in [-0.3, -0.25) is 4.90 Å². The molecule has 0 radical (unpaired) electrons. The molecule has 3 nitrogen and oxygen atoms in total. The zero-order chi connectivity index (χ0) is 16.3. The Labute approximate surface area is 135 Å². The van der Waals surface area contributed by atoms with Crippen molar-refractivity contribution in [3.05, 3.63) is 28.8 Å². The minimum atomic E-state index is -0.442. The molecule has 1 aromatic rings. The molecule has 1 fully saturated rings. The number of aliphatic hydroxyl groups excluding tert-OH is 1. The summed E-state index contributed by atoms with van der Waals surface area (Å²) in [6, 6.07) is 5.37. The largest absolute Gasteiger partial charge is 0.490 e. The molecule has 1 aromatic carbocycles. The number of β-amino-alcohol motifs (C(OH)–C–C–N with tert-alkyl or cyclic N) is 1. The van der Waals surface area contributed by atoms with Crippen molar-refractivity contribution in [1.29, 1.82) is 0 Å². The van der Waals surface area contributed by atoms with Crippen molar-refractivity contribution in [3.8, 4) is 5.75 Å². The maximum Gasteiger partial charge on any atom is 0.125 e. The van der Waals surface area contributed by atoms with Gasteiger partial charge in [-0.25, -0.2) is 0 Å². The Balaban J connectivity index is 1.91. The van der Waals surface area contributed by atoms with Crippen LogP contribution in [0, 0.1) is 20.8 Å². The number of hydrogen-bond acceptors (Lipinski definition) is 3. The lowest BCUT2D eigenvalue weighted by molar-refractivity contribution is 0.0206. The van der Waals surface area contributed by atoms with Crippen molar-refractivity contribution < 1.29 is 9.84 Å². The number of nitrogens with zero attached hydrogens (tertiary/aromatic N) is 1. The SMILES string of the molecule is Cc1cc(C)c(OC[C@H](O)CN2[C@@H](C)CCC[C@@H]2C)c(C)c1. The fourth-order valence-corrected chi connectivity index (χ4v) is 3.70. The number of likely N-dealkylation sites (tertiary alicyclic amines) is 1. The third kappa shape index (κ3) is 4.23. The molecular formula is C19H31NO2. The number of hydrogen-bond donors (Lipinski definition) is 1. The number of aliphatic hydroxyl groups is 1. The van der Waals surface area contributed by atoms with Crippen LogP contribution in [-0.4, -0.2) is 41.3 Å². The van der Waals surface area contributed by atoms with Gasteiger partial charge in [-0.1, -0.05) is 24.1 Å². The van der Waals surface area contributed by atoms with E-state index in [4.69, 9.17) is 4.74 Å². The third-order valence-electron chi connectivity index (χ3n) is 4.82. The highest BCUT2D eigenvalue weighted by Gasteiger charge is 2.26. The molecule has 3 atom stereocenters. The van der Waals surface area contributed by atoms with Gasteiger partial charge in [0.15, 0.2) is 0 Å². The van der Waals surface area contributed by atoms with Gasteiger partial charge in [0, 0.05) is 18.6 Å². The maximum atomic E-state index is 10.4. The van der Waals surface area contributed by atoms with Gasteiger partial charge in [0.25, 0.3) is 0 Å². The topological polar surface area (TPSA) is 32.7 Å². The lowest BCUT2D eigenvalue weighted by Gasteiger charge is -2.40. The van der Waals surface area contributed by atoms with Gasteiger partial charge in [-0.05, 0) is 58.6 Å². The highest BCUT2D eigenvalue weighted by Crippen LogP contribution is 2.25. The number of aryl methyl sites for hydroxylation is 3. The molecule has 1 heterocycles. The van der Waals surface area contributed by atoms with E-state index < -0.39 is 6.10 Å². The summed E-state index contributed by atoms with van der Waals surface area (Å²) in [6.45, 7) is 11.8. The molecule has 0 spiro atoms. The lowest BCUT2D eigenvalue weighted by Crippen LogP contribution is -2.48. The molecule has 0 saturated carbocycles. The second kappa shape index (κ2) is 7.47. The number of ether oxygens (including phenoxy) is 1. The van der Waals surface area contributed by atoms with Gasteiger partial charge in [-0.2, -0.15) is 0 Å². The fourth-order valence-electron chi connectivity index (χ4n) is 3.70. The first-order chi connectivity index (χ1) is 10.4. The molecule has 1 N–H and O–H groups in total. The third-order valence-corrected chi connectivity index (χ3v) is 4.82. The van der Waals surface area contributed by atoms with Crippen LogP contribution in [0.25, 0.3) is 0 Å². The number of benzene rings is 1. The lowest BCUT2D eigenvalue weighted by atomic mass is 9.97. The molecule has 0 aliphatic carbocycles. The van der Waals surface area contributed by atoms with E-state index in [-0.39, 0.29) is 0 Å². The van der Waals surface area contributed by atoms with Crippen molar-refractivity contribution in [3.63, 3.8) is 0 Å². The second-order valence-electron chi connectivity index (χ2n) is 7.02. The Morgan fingerprint density at radius 2 is 1.68 bits per heavy atom. The summed E-state index contributed by atoms with van der Waals surface area (Å²) in [5, 5.41) is 10.4. The van der Waals surface area contributed by atoms with Crippen LogP contribution in [-0.2, 0) is 0 Å². The van der Waals surface area contributed by atoms with Gasteiger partial charge in [0.05, 0.1) is 0 Å².